The van der Waals surface area contributed by atoms with Gasteiger partial charge in [-0.2, -0.15) is 11.8 Å². The van der Waals surface area contributed by atoms with Crippen molar-refractivity contribution in [3.63, 3.8) is 0 Å². The van der Waals surface area contributed by atoms with E-state index in [1.807, 2.05) is 34.6 Å². The molecule has 0 spiro atoms. The second-order valence-electron chi connectivity index (χ2n) is 6.36. The molecule has 110 valence electrons. The van der Waals surface area contributed by atoms with Crippen LogP contribution in [-0.2, 0) is 9.59 Å². The monoisotopic (exact) mass is 286 g/mol. The van der Waals surface area contributed by atoms with E-state index in [0.717, 1.165) is 12.2 Å². The highest BCUT2D eigenvalue weighted by atomic mass is 32.2. The fourth-order valence-electron chi connectivity index (χ4n) is 2.40. The summed E-state index contributed by atoms with van der Waals surface area (Å²) in [5, 5.41) is 2.86. The van der Waals surface area contributed by atoms with Gasteiger partial charge in [-0.25, -0.2) is 0 Å². The summed E-state index contributed by atoms with van der Waals surface area (Å²) in [6.07, 6.45) is 2.97. The zero-order valence-corrected chi connectivity index (χ0v) is 13.6. The van der Waals surface area contributed by atoms with Gasteiger partial charge in [0, 0.05) is 6.04 Å². The van der Waals surface area contributed by atoms with Gasteiger partial charge in [0.15, 0.2) is 0 Å². The van der Waals surface area contributed by atoms with Crippen molar-refractivity contribution in [2.24, 2.45) is 5.41 Å². The molecule has 0 aromatic rings. The van der Waals surface area contributed by atoms with Crippen LogP contribution in [0, 0.1) is 5.41 Å². The molecule has 0 aliphatic carbocycles. The van der Waals surface area contributed by atoms with E-state index in [9.17, 15) is 9.59 Å². The lowest BCUT2D eigenvalue weighted by molar-refractivity contribution is -0.154. The summed E-state index contributed by atoms with van der Waals surface area (Å²) in [6.45, 7) is 9.79. The summed E-state index contributed by atoms with van der Waals surface area (Å²) in [6, 6.07) is -0.693. The predicted octanol–water partition coefficient (Wildman–Crippen LogP) is 1.89. The molecule has 0 bridgehead atoms. The third-order valence-corrected chi connectivity index (χ3v) is 4.31. The Morgan fingerprint density at radius 2 is 1.95 bits per heavy atom. The van der Waals surface area contributed by atoms with Crippen molar-refractivity contribution in [3.05, 3.63) is 0 Å². The van der Waals surface area contributed by atoms with Gasteiger partial charge in [-0.15, -0.1) is 0 Å². The molecule has 1 rings (SSSR count). The van der Waals surface area contributed by atoms with E-state index in [-0.39, 0.29) is 29.3 Å². The summed E-state index contributed by atoms with van der Waals surface area (Å²) in [5.74, 6) is 1.00. The molecule has 2 amide bonds. The van der Waals surface area contributed by atoms with Crippen molar-refractivity contribution in [3.8, 4) is 0 Å². The Kier molecular flexibility index (Phi) is 5.30. The number of amides is 2. The quantitative estimate of drug-likeness (QED) is 0.858. The molecule has 1 heterocycles. The van der Waals surface area contributed by atoms with Gasteiger partial charge in [-0.3, -0.25) is 9.59 Å². The van der Waals surface area contributed by atoms with E-state index < -0.39 is 6.04 Å². The van der Waals surface area contributed by atoms with Crippen LogP contribution in [-0.4, -0.2) is 46.8 Å². The van der Waals surface area contributed by atoms with Crippen molar-refractivity contribution in [1.82, 2.24) is 10.2 Å². The highest BCUT2D eigenvalue weighted by Crippen LogP contribution is 2.27. The summed E-state index contributed by atoms with van der Waals surface area (Å²) < 4.78 is 0. The van der Waals surface area contributed by atoms with Crippen molar-refractivity contribution in [2.45, 2.75) is 59.2 Å². The number of carbonyl (C=O) groups is 2. The van der Waals surface area contributed by atoms with Gasteiger partial charge < -0.3 is 10.2 Å². The first-order valence-electron chi connectivity index (χ1n) is 6.81. The lowest BCUT2D eigenvalue weighted by Gasteiger charge is -2.44. The van der Waals surface area contributed by atoms with E-state index >= 15 is 0 Å². The van der Waals surface area contributed by atoms with Crippen LogP contribution in [0.25, 0.3) is 0 Å². The average molecular weight is 286 g/mol. The first kappa shape index (κ1) is 16.3. The number of piperazine rings is 1. The Morgan fingerprint density at radius 3 is 2.42 bits per heavy atom. The zero-order valence-electron chi connectivity index (χ0n) is 12.8. The zero-order chi connectivity index (χ0) is 14.8. The molecule has 19 heavy (non-hydrogen) atoms. The minimum Gasteiger partial charge on any atom is -0.342 e. The van der Waals surface area contributed by atoms with E-state index in [0.29, 0.717) is 0 Å². The molecule has 1 aliphatic heterocycles. The predicted molar refractivity (Wildman–Crippen MR) is 80.2 cm³/mol. The number of hydrogen-bond acceptors (Lipinski definition) is 3. The van der Waals surface area contributed by atoms with Crippen LogP contribution >= 0.6 is 11.8 Å². The fraction of sp³-hybridized carbons (Fsp3) is 0.857. The summed E-state index contributed by atoms with van der Waals surface area (Å²) >= 11 is 1.77. The van der Waals surface area contributed by atoms with Crippen LogP contribution in [0.5, 0.6) is 0 Å². The first-order chi connectivity index (χ1) is 8.70. The molecule has 1 fully saturated rings. The van der Waals surface area contributed by atoms with Gasteiger partial charge in [-0.05, 0) is 37.7 Å². The highest BCUT2D eigenvalue weighted by Gasteiger charge is 2.44. The largest absolute Gasteiger partial charge is 0.342 e. The van der Waals surface area contributed by atoms with Crippen LogP contribution in [0.2, 0.25) is 0 Å². The van der Waals surface area contributed by atoms with Crippen LogP contribution < -0.4 is 5.32 Å². The number of thioether (sulfide) groups is 1. The Morgan fingerprint density at radius 1 is 1.37 bits per heavy atom. The minimum atomic E-state index is -0.423. The maximum atomic E-state index is 12.6. The van der Waals surface area contributed by atoms with Crippen molar-refractivity contribution in [1.29, 1.82) is 0 Å². The first-order valence-corrected chi connectivity index (χ1v) is 8.21. The molecule has 0 saturated carbocycles. The van der Waals surface area contributed by atoms with Crippen LogP contribution in [0.1, 0.15) is 41.0 Å². The molecule has 0 radical (unpaired) electrons. The Labute approximate surface area is 120 Å². The molecule has 3 unspecified atom stereocenters. The maximum absolute atomic E-state index is 12.6. The van der Waals surface area contributed by atoms with Gasteiger partial charge in [0.2, 0.25) is 11.8 Å². The smallest absolute Gasteiger partial charge is 0.246 e. The van der Waals surface area contributed by atoms with Gasteiger partial charge in [0.1, 0.15) is 12.1 Å². The number of rotatable bonds is 4. The Balaban J connectivity index is 2.93. The molecule has 0 aromatic carbocycles. The third-order valence-electron chi connectivity index (χ3n) is 3.67. The number of hydrogen-bond donors (Lipinski definition) is 1. The molecule has 5 heteroatoms. The average Bonchev–Trinajstić information content (AvgIpc) is 2.30. The lowest BCUT2D eigenvalue weighted by atomic mass is 9.83. The van der Waals surface area contributed by atoms with Crippen molar-refractivity contribution in [2.75, 3.05) is 12.0 Å². The second-order valence-corrected chi connectivity index (χ2v) is 7.35. The summed E-state index contributed by atoms with van der Waals surface area (Å²) in [4.78, 5) is 26.5. The molecule has 1 N–H and O–H groups in total. The Bertz CT molecular complexity index is 352. The lowest BCUT2D eigenvalue weighted by Crippen LogP contribution is -2.67. The second kappa shape index (κ2) is 6.16. The van der Waals surface area contributed by atoms with Gasteiger partial charge >= 0.3 is 0 Å². The standard InChI is InChI=1S/C14H26N2O2S/c1-9(7-8-19-6)16-10(2)12(17)15-11(13(16)18)14(3,4)5/h9-11H,7-8H2,1-6H3,(H,15,17). The van der Waals surface area contributed by atoms with Crippen LogP contribution in [0.4, 0.5) is 0 Å². The fourth-order valence-corrected chi connectivity index (χ4v) is 2.98. The minimum absolute atomic E-state index is 0.0458. The van der Waals surface area contributed by atoms with E-state index in [1.165, 1.54) is 0 Å². The summed E-state index contributed by atoms with van der Waals surface area (Å²) in [5.41, 5.74) is -0.260. The molecule has 0 aromatic heterocycles. The van der Waals surface area contributed by atoms with Crippen LogP contribution in [0.3, 0.4) is 0 Å². The van der Waals surface area contributed by atoms with Crippen LogP contribution in [0.15, 0.2) is 0 Å². The molecule has 4 nitrogen and oxygen atoms in total. The van der Waals surface area contributed by atoms with Gasteiger partial charge in [0.25, 0.3) is 0 Å². The van der Waals surface area contributed by atoms with E-state index in [4.69, 9.17) is 0 Å². The Hall–Kier alpha value is -0.710. The third kappa shape index (κ3) is 3.65. The van der Waals surface area contributed by atoms with E-state index in [2.05, 4.69) is 11.6 Å². The maximum Gasteiger partial charge on any atom is 0.246 e. The molecular formula is C14H26N2O2S. The van der Waals surface area contributed by atoms with Gasteiger partial charge in [-0.1, -0.05) is 20.8 Å². The topological polar surface area (TPSA) is 49.4 Å². The van der Waals surface area contributed by atoms with E-state index in [1.54, 1.807) is 16.7 Å². The molecule has 1 saturated heterocycles. The van der Waals surface area contributed by atoms with Crippen molar-refractivity contribution >= 4 is 23.6 Å². The molecule has 3 atom stereocenters. The summed E-state index contributed by atoms with van der Waals surface area (Å²) in [7, 11) is 0. The molecular weight excluding hydrogens is 260 g/mol. The highest BCUT2D eigenvalue weighted by molar-refractivity contribution is 7.98. The number of nitrogens with zero attached hydrogens (tertiary/aromatic N) is 1. The van der Waals surface area contributed by atoms with Crippen molar-refractivity contribution < 1.29 is 9.59 Å². The number of carbonyl (C=O) groups excluding carboxylic acids is 2. The number of nitrogens with one attached hydrogen (secondary N) is 1. The normalized spacial score (nSPS) is 26.3. The van der Waals surface area contributed by atoms with Gasteiger partial charge in [0.05, 0.1) is 0 Å². The molecule has 1 aliphatic rings. The SMILES string of the molecule is CSCCC(C)N1C(=O)C(C(C)(C)C)NC(=O)C1C.